The summed E-state index contributed by atoms with van der Waals surface area (Å²) >= 11 is 0. The quantitative estimate of drug-likeness (QED) is 0.770. The van der Waals surface area contributed by atoms with Gasteiger partial charge in [-0.2, -0.15) is 13.2 Å². The predicted molar refractivity (Wildman–Crippen MR) is 99.4 cm³/mol. The first kappa shape index (κ1) is 20.2. The number of benzene rings is 1. The van der Waals surface area contributed by atoms with Gasteiger partial charge < -0.3 is 18.9 Å². The van der Waals surface area contributed by atoms with Crippen LogP contribution in [0.15, 0.2) is 18.2 Å². The smallest absolute Gasteiger partial charge is 0.375 e. The number of hydrogen-bond donors (Lipinski definition) is 0. The van der Waals surface area contributed by atoms with Crippen LogP contribution in [-0.4, -0.2) is 53.8 Å². The number of carbonyl (C=O) groups excluding carboxylic acids is 1. The number of aromatic nitrogens is 2. The summed E-state index contributed by atoms with van der Waals surface area (Å²) in [6.07, 6.45) is -1.48. The minimum absolute atomic E-state index is 0.0457. The minimum atomic E-state index is -4.41. The van der Waals surface area contributed by atoms with Crippen LogP contribution in [0.5, 0.6) is 0 Å². The van der Waals surface area contributed by atoms with Crippen LogP contribution in [0.4, 0.5) is 13.2 Å². The molecule has 2 aliphatic heterocycles. The third-order valence-electron chi connectivity index (χ3n) is 5.71. The van der Waals surface area contributed by atoms with Gasteiger partial charge in [0.1, 0.15) is 18.5 Å². The fourth-order valence-corrected chi connectivity index (χ4v) is 4.27. The molecule has 2 aliphatic rings. The van der Waals surface area contributed by atoms with Gasteiger partial charge in [0.05, 0.1) is 16.6 Å². The first-order chi connectivity index (χ1) is 13.9. The molecule has 0 unspecified atom stereocenters. The van der Waals surface area contributed by atoms with Crippen molar-refractivity contribution in [1.29, 1.82) is 0 Å². The largest absolute Gasteiger partial charge is 0.416 e. The van der Waals surface area contributed by atoms with Gasteiger partial charge in [-0.05, 0) is 43.9 Å². The molecule has 0 bridgehead atoms. The number of alkyl halides is 3. The number of ether oxygens (including phenoxy) is 2. The molecule has 0 N–H and O–H groups in total. The Kier molecular flexibility index (Phi) is 5.52. The molecular formula is C20H24F3N3O3. The van der Waals surface area contributed by atoms with E-state index < -0.39 is 11.7 Å². The fraction of sp³-hybridized carbons (Fsp3) is 0.600. The van der Waals surface area contributed by atoms with Crippen LogP contribution in [0.3, 0.4) is 0 Å². The number of hydrogen-bond acceptors (Lipinski definition) is 4. The van der Waals surface area contributed by atoms with Crippen molar-refractivity contribution in [3.63, 3.8) is 0 Å². The van der Waals surface area contributed by atoms with Crippen molar-refractivity contribution in [1.82, 2.24) is 14.5 Å². The van der Waals surface area contributed by atoms with Crippen LogP contribution >= 0.6 is 0 Å². The van der Waals surface area contributed by atoms with Crippen LogP contribution in [0.1, 0.15) is 49.2 Å². The van der Waals surface area contributed by atoms with Gasteiger partial charge in [0, 0.05) is 32.8 Å². The molecule has 1 aromatic heterocycles. The van der Waals surface area contributed by atoms with Gasteiger partial charge in [0.15, 0.2) is 0 Å². The standard InChI is InChI=1S/C20H24F3N3O3/c1-28-12-18(27)25-8-6-14(7-9-25)26-16-5-4-13(20(21,22)23)11-15(16)24-19(26)17-3-2-10-29-17/h4-5,11,14,17H,2-3,6-10,12H2,1H3/t17-/m0/s1. The van der Waals surface area contributed by atoms with Crippen molar-refractivity contribution < 1.29 is 27.4 Å². The van der Waals surface area contributed by atoms with E-state index in [1.807, 2.05) is 4.57 Å². The van der Waals surface area contributed by atoms with E-state index in [1.165, 1.54) is 13.2 Å². The molecule has 9 heteroatoms. The lowest BCUT2D eigenvalue weighted by Gasteiger charge is -2.34. The van der Waals surface area contributed by atoms with Crippen LogP contribution in [0.2, 0.25) is 0 Å². The molecule has 2 saturated heterocycles. The molecule has 0 aliphatic carbocycles. The average molecular weight is 411 g/mol. The summed E-state index contributed by atoms with van der Waals surface area (Å²) in [5.74, 6) is 0.647. The number of nitrogens with zero attached hydrogens (tertiary/aromatic N) is 3. The van der Waals surface area contributed by atoms with Crippen molar-refractivity contribution in [2.45, 2.75) is 44.0 Å². The summed E-state index contributed by atoms with van der Waals surface area (Å²) in [5, 5.41) is 0. The molecule has 1 atom stereocenters. The molecule has 1 amide bonds. The lowest BCUT2D eigenvalue weighted by Crippen LogP contribution is -2.41. The van der Waals surface area contributed by atoms with Crippen LogP contribution in [0, 0.1) is 0 Å². The normalized spacial score (nSPS) is 21.2. The van der Waals surface area contributed by atoms with Crippen LogP contribution < -0.4 is 0 Å². The second kappa shape index (κ2) is 7.95. The van der Waals surface area contributed by atoms with E-state index in [4.69, 9.17) is 9.47 Å². The summed E-state index contributed by atoms with van der Waals surface area (Å²) in [7, 11) is 1.49. The zero-order valence-electron chi connectivity index (χ0n) is 16.2. The van der Waals surface area contributed by atoms with E-state index in [-0.39, 0.29) is 24.7 Å². The van der Waals surface area contributed by atoms with Gasteiger partial charge in [-0.3, -0.25) is 4.79 Å². The minimum Gasteiger partial charge on any atom is -0.375 e. The Morgan fingerprint density at radius 2 is 2.03 bits per heavy atom. The van der Waals surface area contributed by atoms with Crippen molar-refractivity contribution in [3.05, 3.63) is 29.6 Å². The maximum Gasteiger partial charge on any atom is 0.416 e. The number of halogens is 3. The molecule has 2 aromatic rings. The summed E-state index contributed by atoms with van der Waals surface area (Å²) < 4.78 is 52.2. The number of likely N-dealkylation sites (tertiary alicyclic amines) is 1. The second-order valence-electron chi connectivity index (χ2n) is 7.59. The van der Waals surface area contributed by atoms with Crippen LogP contribution in [0.25, 0.3) is 11.0 Å². The number of rotatable bonds is 4. The van der Waals surface area contributed by atoms with E-state index in [2.05, 4.69) is 4.98 Å². The zero-order valence-corrected chi connectivity index (χ0v) is 16.2. The molecule has 29 heavy (non-hydrogen) atoms. The third-order valence-corrected chi connectivity index (χ3v) is 5.71. The Labute approximate surface area is 166 Å². The number of imidazole rings is 1. The molecule has 0 saturated carbocycles. The highest BCUT2D eigenvalue weighted by Crippen LogP contribution is 2.38. The van der Waals surface area contributed by atoms with Crippen molar-refractivity contribution in [2.75, 3.05) is 33.4 Å². The summed E-state index contributed by atoms with van der Waals surface area (Å²) in [6, 6.07) is 3.78. The third kappa shape index (κ3) is 3.98. The summed E-state index contributed by atoms with van der Waals surface area (Å²) in [4.78, 5) is 18.4. The van der Waals surface area contributed by atoms with E-state index in [9.17, 15) is 18.0 Å². The number of fused-ring (bicyclic) bond motifs is 1. The van der Waals surface area contributed by atoms with Gasteiger partial charge in [-0.25, -0.2) is 4.98 Å². The van der Waals surface area contributed by atoms with Gasteiger partial charge in [0.2, 0.25) is 5.91 Å². The van der Waals surface area contributed by atoms with E-state index >= 15 is 0 Å². The Morgan fingerprint density at radius 3 is 2.66 bits per heavy atom. The Balaban J connectivity index is 1.67. The SMILES string of the molecule is COCC(=O)N1CCC(n2c([C@@H]3CCCO3)nc3cc(C(F)(F)F)ccc32)CC1. The summed E-state index contributed by atoms with van der Waals surface area (Å²) in [6.45, 7) is 1.85. The number of amides is 1. The zero-order chi connectivity index (χ0) is 20.6. The molecule has 1 aromatic carbocycles. The molecule has 0 spiro atoms. The van der Waals surface area contributed by atoms with Crippen molar-refractivity contribution >= 4 is 16.9 Å². The average Bonchev–Trinajstić information content (AvgIpc) is 3.34. The second-order valence-corrected chi connectivity index (χ2v) is 7.59. The van der Waals surface area contributed by atoms with Gasteiger partial charge in [-0.1, -0.05) is 0 Å². The molecule has 0 radical (unpaired) electrons. The lowest BCUT2D eigenvalue weighted by molar-refractivity contribution is -0.137. The molecular weight excluding hydrogens is 387 g/mol. The van der Waals surface area contributed by atoms with Gasteiger partial charge in [-0.15, -0.1) is 0 Å². The molecule has 2 fully saturated rings. The highest BCUT2D eigenvalue weighted by atomic mass is 19.4. The lowest BCUT2D eigenvalue weighted by atomic mass is 10.0. The number of piperidine rings is 1. The van der Waals surface area contributed by atoms with Crippen molar-refractivity contribution in [3.8, 4) is 0 Å². The highest BCUT2D eigenvalue weighted by molar-refractivity contribution is 5.78. The Bertz CT molecular complexity index is 882. The van der Waals surface area contributed by atoms with E-state index in [0.29, 0.717) is 49.4 Å². The summed E-state index contributed by atoms with van der Waals surface area (Å²) in [5.41, 5.74) is 0.321. The highest BCUT2D eigenvalue weighted by Gasteiger charge is 2.34. The predicted octanol–water partition coefficient (Wildman–Crippen LogP) is 3.72. The Morgan fingerprint density at radius 1 is 1.28 bits per heavy atom. The maximum atomic E-state index is 13.2. The topological polar surface area (TPSA) is 56.6 Å². The monoisotopic (exact) mass is 411 g/mol. The Hall–Kier alpha value is -2.13. The molecule has 6 nitrogen and oxygen atoms in total. The molecule has 3 heterocycles. The maximum absolute atomic E-state index is 13.2. The number of methoxy groups -OCH3 is 1. The first-order valence-electron chi connectivity index (χ1n) is 9.86. The van der Waals surface area contributed by atoms with E-state index in [1.54, 1.807) is 4.90 Å². The van der Waals surface area contributed by atoms with Gasteiger partial charge >= 0.3 is 6.18 Å². The van der Waals surface area contributed by atoms with Gasteiger partial charge in [0.25, 0.3) is 0 Å². The molecule has 158 valence electrons. The first-order valence-corrected chi connectivity index (χ1v) is 9.86. The number of carbonyl (C=O) groups is 1. The van der Waals surface area contributed by atoms with E-state index in [0.717, 1.165) is 25.0 Å². The molecule has 4 rings (SSSR count). The fourth-order valence-electron chi connectivity index (χ4n) is 4.27. The van der Waals surface area contributed by atoms with Crippen molar-refractivity contribution in [2.24, 2.45) is 0 Å². The van der Waals surface area contributed by atoms with Crippen LogP contribution in [-0.2, 0) is 20.4 Å².